The molecule has 7 nitrogen and oxygen atoms in total. The van der Waals surface area contributed by atoms with Crippen LogP contribution in [0.25, 0.3) is 6.08 Å². The number of nitro benzene ring substituents is 1. The molecule has 0 aliphatic heterocycles. The average Bonchev–Trinajstić information content (AvgIpc) is 2.54. The lowest BCUT2D eigenvalue weighted by molar-refractivity contribution is -0.384. The Morgan fingerprint density at radius 2 is 2.17 bits per heavy atom. The van der Waals surface area contributed by atoms with Crippen LogP contribution in [0.5, 0.6) is 0 Å². The summed E-state index contributed by atoms with van der Waals surface area (Å²) in [7, 11) is 0. The largest absolute Gasteiger partial charge is 0.272 e. The maximum Gasteiger partial charge on any atom is 0.272 e. The van der Waals surface area contributed by atoms with Crippen molar-refractivity contribution in [3.05, 3.63) is 74.5 Å². The molecule has 0 atom stereocenters. The molecule has 0 saturated heterocycles. The van der Waals surface area contributed by atoms with Gasteiger partial charge in [0.05, 0.1) is 10.5 Å². The van der Waals surface area contributed by atoms with Gasteiger partial charge < -0.3 is 0 Å². The second kappa shape index (κ2) is 7.95. The van der Waals surface area contributed by atoms with Crippen LogP contribution >= 0.6 is 15.9 Å². The minimum atomic E-state index is -0.461. The Kier molecular flexibility index (Phi) is 5.70. The van der Waals surface area contributed by atoms with E-state index in [2.05, 4.69) is 31.4 Å². The third-order valence-corrected chi connectivity index (χ3v) is 3.10. The zero-order valence-electron chi connectivity index (χ0n) is 11.7. The molecular formula is C15H11BrN4O3. The highest BCUT2D eigenvalue weighted by Gasteiger charge is 2.04. The summed E-state index contributed by atoms with van der Waals surface area (Å²) in [5.41, 5.74) is 3.40. The van der Waals surface area contributed by atoms with Gasteiger partial charge in [0.15, 0.2) is 0 Å². The molecule has 0 fully saturated rings. The fraction of sp³-hybridized carbons (Fsp3) is 0. The quantitative estimate of drug-likeness (QED) is 0.493. The number of allylic oxidation sites excluding steroid dienone is 1. The number of rotatable bonds is 5. The van der Waals surface area contributed by atoms with Crippen LogP contribution in [0.4, 0.5) is 5.69 Å². The fourth-order valence-corrected chi connectivity index (χ4v) is 2.00. The summed E-state index contributed by atoms with van der Waals surface area (Å²) < 4.78 is 0.694. The molecule has 0 spiro atoms. The van der Waals surface area contributed by atoms with Gasteiger partial charge in [0.25, 0.3) is 11.6 Å². The molecule has 0 bridgehead atoms. The van der Waals surface area contributed by atoms with E-state index >= 15 is 0 Å². The highest BCUT2D eigenvalue weighted by molar-refractivity contribution is 9.10. The number of hydrogen-bond acceptors (Lipinski definition) is 5. The zero-order valence-corrected chi connectivity index (χ0v) is 13.3. The minimum absolute atomic E-state index is 0.0135. The van der Waals surface area contributed by atoms with Gasteiger partial charge in [-0.2, -0.15) is 5.10 Å². The molecule has 0 unspecified atom stereocenters. The number of halogens is 1. The van der Waals surface area contributed by atoms with Crippen molar-refractivity contribution in [3.63, 3.8) is 0 Å². The van der Waals surface area contributed by atoms with E-state index in [4.69, 9.17) is 0 Å². The predicted molar refractivity (Wildman–Crippen MR) is 90.0 cm³/mol. The van der Waals surface area contributed by atoms with Crippen LogP contribution in [0.2, 0.25) is 0 Å². The van der Waals surface area contributed by atoms with Crippen molar-refractivity contribution in [2.24, 2.45) is 5.10 Å². The first-order valence-electron chi connectivity index (χ1n) is 6.41. The Hall–Kier alpha value is -2.87. The molecule has 0 radical (unpaired) electrons. The molecule has 2 rings (SSSR count). The Morgan fingerprint density at radius 3 is 2.91 bits per heavy atom. The maximum absolute atomic E-state index is 11.8. The van der Waals surface area contributed by atoms with Gasteiger partial charge in [0.1, 0.15) is 0 Å². The predicted octanol–water partition coefficient (Wildman–Crippen LogP) is 3.18. The number of nitrogens with zero attached hydrogens (tertiary/aromatic N) is 3. The van der Waals surface area contributed by atoms with Crippen molar-refractivity contribution in [3.8, 4) is 0 Å². The second-order valence-corrected chi connectivity index (χ2v) is 5.24. The first-order chi connectivity index (χ1) is 11.1. The molecule has 0 saturated carbocycles. The molecule has 1 aromatic carbocycles. The Labute approximate surface area is 140 Å². The van der Waals surface area contributed by atoms with Gasteiger partial charge in [-0.25, -0.2) is 5.43 Å². The number of non-ortho nitro benzene ring substituents is 1. The van der Waals surface area contributed by atoms with Gasteiger partial charge >= 0.3 is 0 Å². The first kappa shape index (κ1) is 16.5. The minimum Gasteiger partial charge on any atom is -0.267 e. The number of carbonyl (C=O) groups excluding carboxylic acids is 1. The van der Waals surface area contributed by atoms with Crippen LogP contribution < -0.4 is 5.43 Å². The lowest BCUT2D eigenvalue weighted by atomic mass is 10.2. The van der Waals surface area contributed by atoms with E-state index in [-0.39, 0.29) is 5.69 Å². The number of hydrazone groups is 1. The molecule has 1 N–H and O–H groups in total. The van der Waals surface area contributed by atoms with E-state index in [0.29, 0.717) is 15.6 Å². The van der Waals surface area contributed by atoms with Crippen molar-refractivity contribution in [2.45, 2.75) is 0 Å². The molecule has 1 amide bonds. The Morgan fingerprint density at radius 1 is 1.35 bits per heavy atom. The van der Waals surface area contributed by atoms with Gasteiger partial charge in [-0.15, -0.1) is 0 Å². The topological polar surface area (TPSA) is 97.5 Å². The zero-order chi connectivity index (χ0) is 16.7. The van der Waals surface area contributed by atoms with Crippen molar-refractivity contribution in [1.29, 1.82) is 0 Å². The summed E-state index contributed by atoms with van der Waals surface area (Å²) >= 11 is 3.23. The average molecular weight is 375 g/mol. The molecule has 8 heteroatoms. The normalized spacial score (nSPS) is 11.0. The monoisotopic (exact) mass is 374 g/mol. The number of hydrogen-bond donors (Lipinski definition) is 1. The number of benzene rings is 1. The van der Waals surface area contributed by atoms with E-state index in [1.54, 1.807) is 36.5 Å². The standard InChI is InChI=1S/C15H11BrN4O3/c16-13-8-12(9-17-10-13)15(21)19-18-6-2-4-11-3-1-5-14(7-11)20(22)23/h1-10H,(H,19,21)/b4-2+,18-6-. The van der Waals surface area contributed by atoms with Crippen LogP contribution in [-0.4, -0.2) is 22.0 Å². The van der Waals surface area contributed by atoms with Crippen LogP contribution in [0.3, 0.4) is 0 Å². The molecular weight excluding hydrogens is 364 g/mol. The van der Waals surface area contributed by atoms with Gasteiger partial charge in [-0.05, 0) is 33.6 Å². The van der Waals surface area contributed by atoms with Gasteiger partial charge in [0, 0.05) is 35.2 Å². The molecule has 116 valence electrons. The number of pyridine rings is 1. The number of nitro groups is 1. The smallest absolute Gasteiger partial charge is 0.267 e. The Balaban J connectivity index is 1.93. The van der Waals surface area contributed by atoms with Crippen LogP contribution in [0.15, 0.2) is 58.4 Å². The van der Waals surface area contributed by atoms with Crippen molar-refractivity contribution in [2.75, 3.05) is 0 Å². The van der Waals surface area contributed by atoms with Crippen LogP contribution in [-0.2, 0) is 0 Å². The lowest BCUT2D eigenvalue weighted by Crippen LogP contribution is -2.17. The second-order valence-electron chi connectivity index (χ2n) is 4.32. The fourth-order valence-electron chi connectivity index (χ4n) is 1.64. The van der Waals surface area contributed by atoms with E-state index < -0.39 is 10.8 Å². The third kappa shape index (κ3) is 5.11. The molecule has 1 heterocycles. The summed E-state index contributed by atoms with van der Waals surface area (Å²) in [6, 6.07) is 7.80. The summed E-state index contributed by atoms with van der Waals surface area (Å²) in [5.74, 6) is -0.390. The first-order valence-corrected chi connectivity index (χ1v) is 7.20. The number of aromatic nitrogens is 1. The van der Waals surface area contributed by atoms with Gasteiger partial charge in [-0.1, -0.05) is 18.2 Å². The molecule has 0 aliphatic carbocycles. The van der Waals surface area contributed by atoms with Crippen molar-refractivity contribution >= 4 is 39.8 Å². The van der Waals surface area contributed by atoms with Gasteiger partial charge in [0.2, 0.25) is 0 Å². The van der Waals surface area contributed by atoms with E-state index in [0.717, 1.165) is 0 Å². The van der Waals surface area contributed by atoms with Crippen molar-refractivity contribution in [1.82, 2.24) is 10.4 Å². The molecule has 1 aromatic heterocycles. The third-order valence-electron chi connectivity index (χ3n) is 2.66. The summed E-state index contributed by atoms with van der Waals surface area (Å²) in [4.78, 5) is 25.8. The van der Waals surface area contributed by atoms with Gasteiger partial charge in [-0.3, -0.25) is 19.9 Å². The molecule has 0 aliphatic rings. The highest BCUT2D eigenvalue weighted by atomic mass is 79.9. The SMILES string of the molecule is O=C(N/N=C\C=C\c1cccc([N+](=O)[O-])c1)c1cncc(Br)c1. The number of carbonyl (C=O) groups is 1. The molecule has 23 heavy (non-hydrogen) atoms. The van der Waals surface area contributed by atoms with Crippen LogP contribution in [0, 0.1) is 10.1 Å². The van der Waals surface area contributed by atoms with E-state index in [9.17, 15) is 14.9 Å². The molecule has 2 aromatic rings. The Bertz CT molecular complexity index is 790. The highest BCUT2D eigenvalue weighted by Crippen LogP contribution is 2.13. The number of amides is 1. The maximum atomic E-state index is 11.8. The van der Waals surface area contributed by atoms with Crippen LogP contribution in [0.1, 0.15) is 15.9 Å². The number of nitrogens with one attached hydrogen (secondary N) is 1. The lowest BCUT2D eigenvalue weighted by Gasteiger charge is -1.98. The summed E-state index contributed by atoms with van der Waals surface area (Å²) in [6.07, 6.45) is 7.58. The summed E-state index contributed by atoms with van der Waals surface area (Å²) in [6.45, 7) is 0. The van der Waals surface area contributed by atoms with Crippen molar-refractivity contribution < 1.29 is 9.72 Å². The summed E-state index contributed by atoms with van der Waals surface area (Å²) in [5, 5.41) is 14.4. The van der Waals surface area contributed by atoms with E-state index in [1.807, 2.05) is 0 Å². The van der Waals surface area contributed by atoms with E-state index in [1.165, 1.54) is 24.5 Å².